The predicted octanol–water partition coefficient (Wildman–Crippen LogP) is 3.74. The molecule has 1 aliphatic heterocycles. The largest absolute Gasteiger partial charge is 0.454 e. The minimum absolute atomic E-state index is 0.0772. The van der Waals surface area contributed by atoms with Crippen LogP contribution in [-0.2, 0) is 9.59 Å². The molecule has 0 saturated heterocycles. The van der Waals surface area contributed by atoms with Gasteiger partial charge in [-0.15, -0.1) is 0 Å². The average molecular weight is 497 g/mol. The van der Waals surface area contributed by atoms with E-state index in [0.717, 1.165) is 10.9 Å². The lowest BCUT2D eigenvalue weighted by Gasteiger charge is -2.30. The van der Waals surface area contributed by atoms with E-state index in [0.29, 0.717) is 59.0 Å². The standard InChI is InChI=1S/C24H22ClFN6O3/c1-11-16-9-13(25)3-8-18(16)35-22(11)21-19-20(17(10-33)29-30-23(19)27)31-32(21)15-6-4-14(5-7-15)28-24(34)12(2)26/h3,8-9,14-15,29H,2,4-7H2,1H3,(H2,27,30)(H,28,34). The molecule has 0 unspecified atom stereocenters. The number of carbonyl (C=O) groups is 1. The zero-order chi connectivity index (χ0) is 24.9. The maximum atomic E-state index is 13.1. The molecule has 2 aromatic heterocycles. The highest BCUT2D eigenvalue weighted by Crippen LogP contribution is 2.41. The van der Waals surface area contributed by atoms with E-state index in [1.54, 1.807) is 12.1 Å². The summed E-state index contributed by atoms with van der Waals surface area (Å²) in [6, 6.07) is 5.11. The second-order valence-electron chi connectivity index (χ2n) is 8.68. The van der Waals surface area contributed by atoms with Crippen LogP contribution in [0.3, 0.4) is 0 Å². The number of hydrogen-bond acceptors (Lipinski definition) is 7. The van der Waals surface area contributed by atoms with E-state index in [4.69, 9.17) is 26.9 Å². The summed E-state index contributed by atoms with van der Waals surface area (Å²) in [7, 11) is 0. The second-order valence-corrected chi connectivity index (χ2v) is 9.12. The summed E-state index contributed by atoms with van der Waals surface area (Å²) in [5.41, 5.74) is 11.8. The minimum atomic E-state index is -1.01. The van der Waals surface area contributed by atoms with E-state index < -0.39 is 11.7 Å². The monoisotopic (exact) mass is 496 g/mol. The van der Waals surface area contributed by atoms with Crippen molar-refractivity contribution in [3.8, 4) is 11.5 Å². The number of aryl methyl sites for hydroxylation is 1. The Kier molecular flexibility index (Phi) is 5.70. The fourth-order valence-corrected chi connectivity index (χ4v) is 4.95. The molecule has 35 heavy (non-hydrogen) atoms. The Balaban J connectivity index is 1.60. The highest BCUT2D eigenvalue weighted by atomic mass is 35.5. The van der Waals surface area contributed by atoms with Gasteiger partial charge in [-0.2, -0.15) is 10.2 Å². The number of amidine groups is 1. The van der Waals surface area contributed by atoms with Crippen molar-refractivity contribution >= 4 is 46.0 Å². The first kappa shape index (κ1) is 22.9. The summed E-state index contributed by atoms with van der Waals surface area (Å²) in [6.45, 7) is 4.96. The van der Waals surface area contributed by atoms with Crippen molar-refractivity contribution in [2.45, 2.75) is 44.7 Å². The molecule has 2 aliphatic rings. The Morgan fingerprint density at radius 3 is 2.80 bits per heavy atom. The molecule has 1 amide bonds. The van der Waals surface area contributed by atoms with Gasteiger partial charge < -0.3 is 15.5 Å². The van der Waals surface area contributed by atoms with Gasteiger partial charge in [0, 0.05) is 22.0 Å². The van der Waals surface area contributed by atoms with E-state index in [-0.39, 0.29) is 23.6 Å². The lowest BCUT2D eigenvalue weighted by atomic mass is 9.90. The van der Waals surface area contributed by atoms with Crippen molar-refractivity contribution in [2.75, 3.05) is 0 Å². The second kappa shape index (κ2) is 8.72. The normalized spacial score (nSPS) is 19.5. The molecule has 0 atom stereocenters. The highest BCUT2D eigenvalue weighted by Gasteiger charge is 2.35. The third-order valence-electron chi connectivity index (χ3n) is 6.53. The van der Waals surface area contributed by atoms with Crippen molar-refractivity contribution in [3.63, 3.8) is 0 Å². The molecule has 9 nitrogen and oxygen atoms in total. The SMILES string of the molecule is C=C(F)C(=O)NC1CCC(n2nc3c(c2-c2oc4ccc(Cl)cc4c2C)C(N)=NNC3=C=O)CC1. The van der Waals surface area contributed by atoms with Crippen molar-refractivity contribution < 1.29 is 18.4 Å². The van der Waals surface area contributed by atoms with Gasteiger partial charge in [-0.3, -0.25) is 14.9 Å². The first-order valence-corrected chi connectivity index (χ1v) is 11.5. The fraction of sp³-hybridized carbons (Fsp3) is 0.292. The fourth-order valence-electron chi connectivity index (χ4n) is 4.78. The summed E-state index contributed by atoms with van der Waals surface area (Å²) < 4.78 is 21.2. The van der Waals surface area contributed by atoms with Crippen LogP contribution in [0, 0.1) is 6.92 Å². The number of hydrazone groups is 1. The number of aromatic nitrogens is 2. The van der Waals surface area contributed by atoms with Crippen LogP contribution in [0.15, 0.2) is 40.1 Å². The number of nitrogens with zero attached hydrogens (tertiary/aromatic N) is 3. The predicted molar refractivity (Wildman–Crippen MR) is 130 cm³/mol. The molecule has 180 valence electrons. The van der Waals surface area contributed by atoms with E-state index in [1.807, 2.05) is 23.6 Å². The molecular weight excluding hydrogens is 475 g/mol. The number of hydrogen-bond donors (Lipinski definition) is 3. The number of nitrogens with one attached hydrogen (secondary N) is 2. The van der Waals surface area contributed by atoms with Crippen molar-refractivity contribution in [1.29, 1.82) is 0 Å². The Bertz CT molecular complexity index is 1460. The van der Waals surface area contributed by atoms with Gasteiger partial charge in [-0.1, -0.05) is 18.2 Å². The molecule has 0 radical (unpaired) electrons. The summed E-state index contributed by atoms with van der Waals surface area (Å²) in [6.07, 6.45) is 2.51. The summed E-state index contributed by atoms with van der Waals surface area (Å²) in [5, 5.41) is 12.9. The Morgan fingerprint density at radius 2 is 2.11 bits per heavy atom. The number of amides is 1. The summed E-state index contributed by atoms with van der Waals surface area (Å²) >= 11 is 6.21. The van der Waals surface area contributed by atoms with Crippen LogP contribution in [0.1, 0.15) is 48.5 Å². The topological polar surface area (TPSA) is 128 Å². The number of rotatable bonds is 4. The van der Waals surface area contributed by atoms with E-state index in [1.165, 1.54) is 0 Å². The average Bonchev–Trinajstić information content (AvgIpc) is 3.38. The molecule has 0 spiro atoms. The first-order valence-electron chi connectivity index (χ1n) is 11.1. The third-order valence-corrected chi connectivity index (χ3v) is 6.77. The lowest BCUT2D eigenvalue weighted by molar-refractivity contribution is -0.119. The molecule has 3 heterocycles. The lowest BCUT2D eigenvalue weighted by Crippen LogP contribution is -2.38. The van der Waals surface area contributed by atoms with E-state index >= 15 is 0 Å². The molecular formula is C24H22ClFN6O3. The molecule has 1 fully saturated rings. The van der Waals surface area contributed by atoms with Crippen molar-refractivity contribution in [3.05, 3.63) is 52.4 Å². The third kappa shape index (κ3) is 3.90. The van der Waals surface area contributed by atoms with Crippen LogP contribution >= 0.6 is 11.6 Å². The van der Waals surface area contributed by atoms with Crippen molar-refractivity contribution in [2.24, 2.45) is 10.8 Å². The van der Waals surface area contributed by atoms with Gasteiger partial charge >= 0.3 is 0 Å². The molecule has 11 heteroatoms. The zero-order valence-electron chi connectivity index (χ0n) is 18.8. The molecule has 1 saturated carbocycles. The Morgan fingerprint density at radius 1 is 1.37 bits per heavy atom. The van der Waals surface area contributed by atoms with Gasteiger partial charge in [0.25, 0.3) is 5.91 Å². The maximum absolute atomic E-state index is 13.1. The molecule has 4 N–H and O–H groups in total. The number of fused-ring (bicyclic) bond motifs is 2. The first-order chi connectivity index (χ1) is 16.8. The summed E-state index contributed by atoms with van der Waals surface area (Å²) in [4.78, 5) is 23.3. The molecule has 0 bridgehead atoms. The van der Waals surface area contributed by atoms with Gasteiger partial charge in [0.2, 0.25) is 0 Å². The van der Waals surface area contributed by atoms with Crippen LogP contribution < -0.4 is 16.5 Å². The smallest absolute Gasteiger partial charge is 0.279 e. The Hall–Kier alpha value is -3.88. The van der Waals surface area contributed by atoms with E-state index in [9.17, 15) is 14.0 Å². The van der Waals surface area contributed by atoms with Crippen molar-refractivity contribution in [1.82, 2.24) is 20.5 Å². The van der Waals surface area contributed by atoms with Gasteiger partial charge in [0.15, 0.2) is 29.1 Å². The quantitative estimate of drug-likeness (QED) is 0.373. The van der Waals surface area contributed by atoms with Crippen LogP contribution in [0.5, 0.6) is 0 Å². The summed E-state index contributed by atoms with van der Waals surface area (Å²) in [5.74, 6) is 0.751. The van der Waals surface area contributed by atoms with E-state index in [2.05, 4.69) is 22.4 Å². The van der Waals surface area contributed by atoms with Crippen LogP contribution in [0.25, 0.3) is 28.1 Å². The van der Waals surface area contributed by atoms with Gasteiger partial charge in [-0.25, -0.2) is 9.18 Å². The zero-order valence-corrected chi connectivity index (χ0v) is 19.6. The number of halogens is 2. The molecule has 3 aromatic rings. The number of nitrogens with two attached hydrogens (primary N) is 1. The number of benzene rings is 1. The van der Waals surface area contributed by atoms with Gasteiger partial charge in [0.1, 0.15) is 17.0 Å². The molecule has 1 aliphatic carbocycles. The Labute approximate surface area is 204 Å². The minimum Gasteiger partial charge on any atom is -0.454 e. The molecule has 1 aromatic carbocycles. The number of carbonyl (C=O) groups excluding carboxylic acids is 2. The number of furan rings is 1. The van der Waals surface area contributed by atoms with Gasteiger partial charge in [-0.05, 0) is 50.8 Å². The van der Waals surface area contributed by atoms with Gasteiger partial charge in [0.05, 0.1) is 11.6 Å². The molecule has 5 rings (SSSR count). The highest BCUT2D eigenvalue weighted by molar-refractivity contribution is 6.31. The van der Waals surface area contributed by atoms with Crippen LogP contribution in [-0.4, -0.2) is 33.5 Å². The van der Waals surface area contributed by atoms with Crippen LogP contribution in [0.2, 0.25) is 5.02 Å². The van der Waals surface area contributed by atoms with Crippen LogP contribution in [0.4, 0.5) is 4.39 Å². The maximum Gasteiger partial charge on any atom is 0.279 e.